The van der Waals surface area contributed by atoms with E-state index in [-0.39, 0.29) is 0 Å². The maximum atomic E-state index is 4.89. The van der Waals surface area contributed by atoms with Crippen molar-refractivity contribution in [2.45, 2.75) is 19.8 Å². The van der Waals surface area contributed by atoms with Crippen LogP contribution in [0.15, 0.2) is 109 Å². The lowest BCUT2D eigenvalue weighted by atomic mass is 9.94. The van der Waals surface area contributed by atoms with Crippen LogP contribution < -0.4 is 0 Å². The fourth-order valence-corrected chi connectivity index (χ4v) is 5.82. The van der Waals surface area contributed by atoms with Crippen molar-refractivity contribution in [2.75, 3.05) is 0 Å². The summed E-state index contributed by atoms with van der Waals surface area (Å²) in [6.07, 6.45) is 1.93. The Labute approximate surface area is 204 Å². The molecule has 0 bridgehead atoms. The fraction of sp³-hybridized carbons (Fsp3) is 0.0938. The Morgan fingerprint density at radius 2 is 1.38 bits per heavy atom. The van der Waals surface area contributed by atoms with Crippen LogP contribution in [0.5, 0.6) is 0 Å². The van der Waals surface area contributed by atoms with Gasteiger partial charge < -0.3 is 0 Å². The van der Waals surface area contributed by atoms with E-state index in [1.165, 1.54) is 48.0 Å². The second-order valence-corrected chi connectivity index (χ2v) is 10.1. The Hall–Kier alpha value is -3.75. The Morgan fingerprint density at radius 1 is 0.647 bits per heavy atom. The van der Waals surface area contributed by atoms with Crippen molar-refractivity contribution < 1.29 is 0 Å². The lowest BCUT2D eigenvalue weighted by Gasteiger charge is -2.12. The smallest absolute Gasteiger partial charge is 0.0780 e. The van der Waals surface area contributed by atoms with Gasteiger partial charge in [-0.05, 0) is 63.7 Å². The first-order valence-corrected chi connectivity index (χ1v) is 12.6. The van der Waals surface area contributed by atoms with Crippen molar-refractivity contribution in [3.05, 3.63) is 115 Å². The average molecular weight is 456 g/mol. The summed E-state index contributed by atoms with van der Waals surface area (Å²) in [6, 6.07) is 37.2. The van der Waals surface area contributed by atoms with Crippen molar-refractivity contribution in [2.24, 2.45) is 0 Å². The van der Waals surface area contributed by atoms with Crippen molar-refractivity contribution in [1.82, 2.24) is 4.98 Å². The Balaban J connectivity index is 1.63. The first-order chi connectivity index (χ1) is 16.7. The molecule has 0 amide bonds. The van der Waals surface area contributed by atoms with Gasteiger partial charge in [0.25, 0.3) is 0 Å². The summed E-state index contributed by atoms with van der Waals surface area (Å²) in [4.78, 5) is 6.18. The molecular formula is C32H25NS. The van der Waals surface area contributed by atoms with Gasteiger partial charge in [-0.25, -0.2) is 0 Å². The first-order valence-electron chi connectivity index (χ1n) is 11.7. The number of rotatable bonds is 4. The number of thiophene rings is 1. The summed E-state index contributed by atoms with van der Waals surface area (Å²) in [5.74, 6) is 0.477. The highest BCUT2D eigenvalue weighted by Crippen LogP contribution is 2.42. The Kier molecular flexibility index (Phi) is 5.24. The summed E-state index contributed by atoms with van der Waals surface area (Å²) < 4.78 is 1.32. The largest absolute Gasteiger partial charge is 0.256 e. The van der Waals surface area contributed by atoms with Crippen molar-refractivity contribution in [3.8, 4) is 32.8 Å². The summed E-state index contributed by atoms with van der Waals surface area (Å²) in [6.45, 7) is 4.49. The predicted octanol–water partition coefficient (Wildman–Crippen LogP) is 9.57. The average Bonchev–Trinajstić information content (AvgIpc) is 3.33. The Bertz CT molecular complexity index is 1610. The third-order valence-electron chi connectivity index (χ3n) is 6.49. The number of pyridine rings is 1. The molecule has 6 rings (SSSR count). The first kappa shape index (κ1) is 20.8. The summed E-state index contributed by atoms with van der Waals surface area (Å²) in [5.41, 5.74) is 7.31. The molecule has 164 valence electrons. The summed E-state index contributed by atoms with van der Waals surface area (Å²) in [7, 11) is 0. The minimum atomic E-state index is 0.477. The number of hydrogen-bond acceptors (Lipinski definition) is 2. The van der Waals surface area contributed by atoms with Crippen LogP contribution >= 0.6 is 11.3 Å². The van der Waals surface area contributed by atoms with Crippen LogP contribution in [0.1, 0.15) is 25.3 Å². The van der Waals surface area contributed by atoms with Crippen molar-refractivity contribution in [3.63, 3.8) is 0 Å². The van der Waals surface area contributed by atoms with E-state index in [2.05, 4.69) is 117 Å². The predicted molar refractivity (Wildman–Crippen MR) is 148 cm³/mol. The number of nitrogens with zero attached hydrogens (tertiary/aromatic N) is 1. The number of aromatic nitrogens is 1. The van der Waals surface area contributed by atoms with Gasteiger partial charge in [-0.3, -0.25) is 4.98 Å². The minimum Gasteiger partial charge on any atom is -0.256 e. The summed E-state index contributed by atoms with van der Waals surface area (Å²) in [5, 5.41) is 3.70. The maximum absolute atomic E-state index is 4.89. The van der Waals surface area contributed by atoms with Gasteiger partial charge in [0, 0.05) is 32.3 Å². The third-order valence-corrected chi connectivity index (χ3v) is 7.72. The van der Waals surface area contributed by atoms with Gasteiger partial charge >= 0.3 is 0 Å². The molecule has 1 nitrogen and oxygen atoms in total. The molecule has 0 N–H and O–H groups in total. The molecule has 0 spiro atoms. The molecule has 2 heterocycles. The highest BCUT2D eigenvalue weighted by atomic mass is 32.1. The van der Waals surface area contributed by atoms with E-state index in [4.69, 9.17) is 4.98 Å². The van der Waals surface area contributed by atoms with Gasteiger partial charge in [0.15, 0.2) is 0 Å². The van der Waals surface area contributed by atoms with Crippen LogP contribution in [0.4, 0.5) is 0 Å². The maximum Gasteiger partial charge on any atom is 0.0780 e. The van der Waals surface area contributed by atoms with Crippen LogP contribution in [-0.4, -0.2) is 4.98 Å². The van der Waals surface area contributed by atoms with Crippen molar-refractivity contribution in [1.29, 1.82) is 0 Å². The van der Waals surface area contributed by atoms with Crippen LogP contribution in [0.2, 0.25) is 0 Å². The van der Waals surface area contributed by atoms with Gasteiger partial charge in [0.05, 0.1) is 5.69 Å². The SMILES string of the molecule is CC(C)c1ccc2ccnc(-c3cc(-c4ccccc4)c4sc(-c5ccccc5)cc4c3)c2c1. The monoisotopic (exact) mass is 455 g/mol. The van der Waals surface area contributed by atoms with Gasteiger partial charge in [0.2, 0.25) is 0 Å². The number of hydrogen-bond donors (Lipinski definition) is 0. The van der Waals surface area contributed by atoms with E-state index in [0.717, 1.165) is 11.3 Å². The zero-order valence-corrected chi connectivity index (χ0v) is 20.1. The molecular weight excluding hydrogens is 430 g/mol. The lowest BCUT2D eigenvalue weighted by molar-refractivity contribution is 0.869. The molecule has 0 aliphatic rings. The molecule has 0 aliphatic heterocycles. The Morgan fingerprint density at radius 3 is 2.12 bits per heavy atom. The quantitative estimate of drug-likeness (QED) is 0.258. The third kappa shape index (κ3) is 3.70. The topological polar surface area (TPSA) is 12.9 Å². The second-order valence-electron chi connectivity index (χ2n) is 9.08. The lowest BCUT2D eigenvalue weighted by Crippen LogP contribution is -1.91. The molecule has 0 saturated carbocycles. The molecule has 34 heavy (non-hydrogen) atoms. The molecule has 0 saturated heterocycles. The zero-order valence-electron chi connectivity index (χ0n) is 19.3. The van der Waals surface area contributed by atoms with Gasteiger partial charge in [-0.2, -0.15) is 0 Å². The van der Waals surface area contributed by atoms with Crippen molar-refractivity contribution >= 4 is 32.2 Å². The molecule has 2 aromatic heterocycles. The van der Waals surface area contributed by atoms with E-state index in [1.807, 2.05) is 17.5 Å². The van der Waals surface area contributed by atoms with Crippen LogP contribution in [0.25, 0.3) is 53.7 Å². The zero-order chi connectivity index (χ0) is 23.1. The van der Waals surface area contributed by atoms with Crippen LogP contribution in [0.3, 0.4) is 0 Å². The van der Waals surface area contributed by atoms with E-state index < -0.39 is 0 Å². The highest BCUT2D eigenvalue weighted by Gasteiger charge is 2.15. The molecule has 0 unspecified atom stereocenters. The molecule has 6 aromatic rings. The molecule has 0 fully saturated rings. The van der Waals surface area contributed by atoms with E-state index in [1.54, 1.807) is 0 Å². The fourth-order valence-electron chi connectivity index (χ4n) is 4.64. The normalized spacial score (nSPS) is 11.5. The molecule has 0 aliphatic carbocycles. The van der Waals surface area contributed by atoms with Gasteiger partial charge in [-0.1, -0.05) is 86.6 Å². The number of fused-ring (bicyclic) bond motifs is 2. The van der Waals surface area contributed by atoms with Gasteiger partial charge in [-0.15, -0.1) is 11.3 Å². The molecule has 0 atom stereocenters. The molecule has 4 aromatic carbocycles. The second kappa shape index (κ2) is 8.55. The van der Waals surface area contributed by atoms with Crippen LogP contribution in [0, 0.1) is 0 Å². The summed E-state index contributed by atoms with van der Waals surface area (Å²) >= 11 is 1.87. The minimum absolute atomic E-state index is 0.477. The van der Waals surface area contributed by atoms with Crippen LogP contribution in [-0.2, 0) is 0 Å². The van der Waals surface area contributed by atoms with E-state index >= 15 is 0 Å². The van der Waals surface area contributed by atoms with E-state index in [0.29, 0.717) is 5.92 Å². The molecule has 0 radical (unpaired) electrons. The number of benzene rings is 4. The standard InChI is InChI=1S/C32H25NS/c1-21(2)25-14-13-23-15-16-33-31(28(23)18-25)26-17-27-20-30(24-11-7-4-8-12-24)34-32(27)29(19-26)22-9-5-3-6-10-22/h3-21H,1-2H3. The van der Waals surface area contributed by atoms with E-state index in [9.17, 15) is 0 Å². The van der Waals surface area contributed by atoms with Gasteiger partial charge in [0.1, 0.15) is 0 Å². The highest BCUT2D eigenvalue weighted by molar-refractivity contribution is 7.22. The molecule has 2 heteroatoms.